The van der Waals surface area contributed by atoms with Crippen LogP contribution in [0.4, 0.5) is 0 Å². The zero-order valence-corrected chi connectivity index (χ0v) is 11.9. The van der Waals surface area contributed by atoms with Gasteiger partial charge in [0.05, 0.1) is 12.0 Å². The molecule has 0 radical (unpaired) electrons. The van der Waals surface area contributed by atoms with Gasteiger partial charge in [-0.15, -0.1) is 0 Å². The Morgan fingerprint density at radius 3 is 2.56 bits per heavy atom. The molecule has 100 valence electrons. The molecule has 0 spiro atoms. The average Bonchev–Trinajstić information content (AvgIpc) is 2.29. The molecule has 1 unspecified atom stereocenters. The standard InChI is InChI=1S/C14H21ClN2O/c1-9(2)13(8-16)14(18)17-10(3)11-5-4-6-12(15)7-11/h4-7,9-10,13H,8,16H2,1-3H3,(H,17,18)/t10-,13?/m0/s1. The first kappa shape index (κ1) is 15.0. The number of nitrogens with one attached hydrogen (secondary N) is 1. The van der Waals surface area contributed by atoms with Crippen LogP contribution in [0.3, 0.4) is 0 Å². The molecule has 3 nitrogen and oxygen atoms in total. The number of nitrogens with two attached hydrogens (primary N) is 1. The summed E-state index contributed by atoms with van der Waals surface area (Å²) in [4.78, 5) is 12.1. The Kier molecular flexibility index (Phi) is 5.63. The normalized spacial score (nSPS) is 14.3. The molecule has 0 saturated carbocycles. The highest BCUT2D eigenvalue weighted by atomic mass is 35.5. The van der Waals surface area contributed by atoms with Crippen LogP contribution in [0.25, 0.3) is 0 Å². The van der Waals surface area contributed by atoms with Gasteiger partial charge in [0, 0.05) is 11.6 Å². The summed E-state index contributed by atoms with van der Waals surface area (Å²) >= 11 is 5.93. The zero-order valence-electron chi connectivity index (χ0n) is 11.1. The van der Waals surface area contributed by atoms with Crippen LogP contribution in [0, 0.1) is 11.8 Å². The maximum atomic E-state index is 12.1. The molecule has 0 aliphatic heterocycles. The third-order valence-electron chi connectivity index (χ3n) is 3.10. The van der Waals surface area contributed by atoms with Crippen LogP contribution in [0.15, 0.2) is 24.3 Å². The maximum Gasteiger partial charge on any atom is 0.225 e. The van der Waals surface area contributed by atoms with Crippen LogP contribution < -0.4 is 11.1 Å². The first-order chi connectivity index (χ1) is 8.45. The van der Waals surface area contributed by atoms with Crippen LogP contribution in [-0.4, -0.2) is 12.5 Å². The van der Waals surface area contributed by atoms with Crippen molar-refractivity contribution in [2.45, 2.75) is 26.8 Å². The summed E-state index contributed by atoms with van der Waals surface area (Å²) in [6, 6.07) is 7.44. The van der Waals surface area contributed by atoms with E-state index in [2.05, 4.69) is 5.32 Å². The lowest BCUT2D eigenvalue weighted by atomic mass is 9.94. The van der Waals surface area contributed by atoms with Crippen molar-refractivity contribution in [1.82, 2.24) is 5.32 Å². The summed E-state index contributed by atoms with van der Waals surface area (Å²) in [7, 11) is 0. The van der Waals surface area contributed by atoms with Gasteiger partial charge in [-0.3, -0.25) is 4.79 Å². The van der Waals surface area contributed by atoms with E-state index < -0.39 is 0 Å². The number of rotatable bonds is 5. The molecular weight excluding hydrogens is 248 g/mol. The van der Waals surface area contributed by atoms with E-state index in [1.165, 1.54) is 0 Å². The van der Waals surface area contributed by atoms with E-state index in [-0.39, 0.29) is 23.8 Å². The predicted molar refractivity (Wildman–Crippen MR) is 75.4 cm³/mol. The fourth-order valence-corrected chi connectivity index (χ4v) is 2.06. The molecule has 0 aromatic heterocycles. The fraction of sp³-hybridized carbons (Fsp3) is 0.500. The molecule has 0 aliphatic carbocycles. The Morgan fingerprint density at radius 2 is 2.06 bits per heavy atom. The van der Waals surface area contributed by atoms with Gasteiger partial charge in [-0.2, -0.15) is 0 Å². The Hall–Kier alpha value is -1.06. The molecule has 0 saturated heterocycles. The summed E-state index contributed by atoms with van der Waals surface area (Å²) in [6.07, 6.45) is 0. The minimum atomic E-state index is -0.147. The number of carbonyl (C=O) groups is 1. The molecule has 1 aromatic carbocycles. The molecule has 1 aromatic rings. The summed E-state index contributed by atoms with van der Waals surface area (Å²) < 4.78 is 0. The first-order valence-corrected chi connectivity index (χ1v) is 6.59. The molecule has 3 N–H and O–H groups in total. The predicted octanol–water partition coefficient (Wildman–Crippen LogP) is 2.75. The molecule has 18 heavy (non-hydrogen) atoms. The van der Waals surface area contributed by atoms with Gasteiger partial charge < -0.3 is 11.1 Å². The van der Waals surface area contributed by atoms with Gasteiger partial charge in [0.2, 0.25) is 5.91 Å². The third kappa shape index (κ3) is 4.00. The summed E-state index contributed by atoms with van der Waals surface area (Å²) in [6.45, 7) is 6.31. The van der Waals surface area contributed by atoms with E-state index in [1.54, 1.807) is 0 Å². The van der Waals surface area contributed by atoms with Crippen LogP contribution in [-0.2, 0) is 4.79 Å². The molecule has 0 bridgehead atoms. The monoisotopic (exact) mass is 268 g/mol. The van der Waals surface area contributed by atoms with Crippen molar-refractivity contribution in [3.8, 4) is 0 Å². The van der Waals surface area contributed by atoms with Crippen molar-refractivity contribution in [2.75, 3.05) is 6.54 Å². The second kappa shape index (κ2) is 6.76. The van der Waals surface area contributed by atoms with E-state index >= 15 is 0 Å². The van der Waals surface area contributed by atoms with E-state index in [4.69, 9.17) is 17.3 Å². The number of benzene rings is 1. The SMILES string of the molecule is CC(C)C(CN)C(=O)N[C@@H](C)c1cccc(Cl)c1. The van der Waals surface area contributed by atoms with Crippen molar-refractivity contribution in [3.05, 3.63) is 34.9 Å². The van der Waals surface area contributed by atoms with Crippen LogP contribution in [0.5, 0.6) is 0 Å². The van der Waals surface area contributed by atoms with E-state index in [0.717, 1.165) is 5.56 Å². The highest BCUT2D eigenvalue weighted by Gasteiger charge is 2.22. The molecular formula is C14H21ClN2O. The Morgan fingerprint density at radius 1 is 1.39 bits per heavy atom. The lowest BCUT2D eigenvalue weighted by Crippen LogP contribution is -2.39. The van der Waals surface area contributed by atoms with Gasteiger partial charge in [0.25, 0.3) is 0 Å². The van der Waals surface area contributed by atoms with E-state index in [0.29, 0.717) is 11.6 Å². The number of hydrogen-bond donors (Lipinski definition) is 2. The fourth-order valence-electron chi connectivity index (χ4n) is 1.86. The summed E-state index contributed by atoms with van der Waals surface area (Å²) in [5.74, 6) is 0.0909. The molecule has 0 fully saturated rings. The second-order valence-electron chi connectivity index (χ2n) is 4.87. The molecule has 0 heterocycles. The van der Waals surface area contributed by atoms with Gasteiger partial charge >= 0.3 is 0 Å². The largest absolute Gasteiger partial charge is 0.349 e. The van der Waals surface area contributed by atoms with Crippen LogP contribution in [0.1, 0.15) is 32.4 Å². The highest BCUT2D eigenvalue weighted by molar-refractivity contribution is 6.30. The second-order valence-corrected chi connectivity index (χ2v) is 5.31. The van der Waals surface area contributed by atoms with Gasteiger partial charge in [0.15, 0.2) is 0 Å². The van der Waals surface area contributed by atoms with Gasteiger partial charge in [-0.05, 0) is 30.5 Å². The Labute approximate surface area is 114 Å². The summed E-state index contributed by atoms with van der Waals surface area (Å²) in [5.41, 5.74) is 6.63. The number of hydrogen-bond acceptors (Lipinski definition) is 2. The number of amides is 1. The highest BCUT2D eigenvalue weighted by Crippen LogP contribution is 2.18. The van der Waals surface area contributed by atoms with Crippen molar-refractivity contribution < 1.29 is 4.79 Å². The Bertz CT molecular complexity index is 407. The van der Waals surface area contributed by atoms with Crippen molar-refractivity contribution in [3.63, 3.8) is 0 Å². The maximum absolute atomic E-state index is 12.1. The lowest BCUT2D eigenvalue weighted by Gasteiger charge is -2.22. The quantitative estimate of drug-likeness (QED) is 0.863. The molecule has 2 atom stereocenters. The van der Waals surface area contributed by atoms with Crippen LogP contribution in [0.2, 0.25) is 5.02 Å². The zero-order chi connectivity index (χ0) is 13.7. The molecule has 1 rings (SSSR count). The van der Waals surface area contributed by atoms with Gasteiger partial charge in [0.1, 0.15) is 0 Å². The number of carbonyl (C=O) groups excluding carboxylic acids is 1. The van der Waals surface area contributed by atoms with Gasteiger partial charge in [-0.1, -0.05) is 37.6 Å². The van der Waals surface area contributed by atoms with Gasteiger partial charge in [-0.25, -0.2) is 0 Å². The Balaban J connectivity index is 2.70. The van der Waals surface area contributed by atoms with Crippen molar-refractivity contribution in [1.29, 1.82) is 0 Å². The van der Waals surface area contributed by atoms with Crippen LogP contribution >= 0.6 is 11.6 Å². The minimum Gasteiger partial charge on any atom is -0.349 e. The minimum absolute atomic E-state index is 0.0000227. The first-order valence-electron chi connectivity index (χ1n) is 6.21. The third-order valence-corrected chi connectivity index (χ3v) is 3.34. The number of halogens is 1. The molecule has 4 heteroatoms. The molecule has 0 aliphatic rings. The topological polar surface area (TPSA) is 55.1 Å². The van der Waals surface area contributed by atoms with Crippen molar-refractivity contribution >= 4 is 17.5 Å². The lowest BCUT2D eigenvalue weighted by molar-refractivity contribution is -0.126. The van der Waals surface area contributed by atoms with E-state index in [1.807, 2.05) is 45.0 Å². The molecule has 1 amide bonds. The summed E-state index contributed by atoms with van der Waals surface area (Å²) in [5, 5.41) is 3.65. The van der Waals surface area contributed by atoms with Crippen molar-refractivity contribution in [2.24, 2.45) is 17.6 Å². The van der Waals surface area contributed by atoms with E-state index in [9.17, 15) is 4.79 Å². The average molecular weight is 269 g/mol. The smallest absolute Gasteiger partial charge is 0.225 e.